The first-order chi connectivity index (χ1) is 15.4. The van der Waals surface area contributed by atoms with E-state index >= 15 is 0 Å². The highest BCUT2D eigenvalue weighted by Gasteiger charge is 2.22. The van der Waals surface area contributed by atoms with Gasteiger partial charge in [-0.25, -0.2) is 4.98 Å². The van der Waals surface area contributed by atoms with Crippen molar-refractivity contribution in [3.05, 3.63) is 59.5 Å². The van der Waals surface area contributed by atoms with E-state index < -0.39 is 0 Å². The standard InChI is InChI=1S/C24H31N7O/c1-6-29(7-2)14-15-30-21-11-9-8-10-20(21)26-24(30)27-22(32)19-16-25-28(5)23(19)31-17(3)12-13-18(31)4/h8-13,16H,6-7,14-15H2,1-5H3,(H,26,27,32). The van der Waals surface area contributed by atoms with Crippen molar-refractivity contribution in [1.82, 2.24) is 28.8 Å². The van der Waals surface area contributed by atoms with Crippen LogP contribution in [0.4, 0.5) is 5.95 Å². The number of likely N-dealkylation sites (N-methyl/N-ethyl adjacent to an activating group) is 1. The molecule has 3 heterocycles. The van der Waals surface area contributed by atoms with E-state index in [1.54, 1.807) is 10.9 Å². The Bertz CT molecular complexity index is 1220. The Balaban J connectivity index is 1.69. The molecule has 168 valence electrons. The zero-order valence-corrected chi connectivity index (χ0v) is 19.5. The van der Waals surface area contributed by atoms with Gasteiger partial charge in [-0.2, -0.15) is 5.10 Å². The van der Waals surface area contributed by atoms with Crippen LogP contribution in [0.25, 0.3) is 16.9 Å². The van der Waals surface area contributed by atoms with Crippen LogP contribution in [0.1, 0.15) is 35.6 Å². The number of benzene rings is 1. The molecule has 1 aromatic carbocycles. The number of amides is 1. The second-order valence-corrected chi connectivity index (χ2v) is 8.01. The van der Waals surface area contributed by atoms with Crippen LogP contribution >= 0.6 is 0 Å². The predicted molar refractivity (Wildman–Crippen MR) is 127 cm³/mol. The van der Waals surface area contributed by atoms with E-state index in [1.165, 1.54) is 0 Å². The quantitative estimate of drug-likeness (QED) is 0.459. The maximum atomic E-state index is 13.4. The van der Waals surface area contributed by atoms with Crippen molar-refractivity contribution in [2.45, 2.75) is 34.2 Å². The number of aryl methyl sites for hydroxylation is 3. The van der Waals surface area contributed by atoms with Gasteiger partial charge in [0.25, 0.3) is 5.91 Å². The summed E-state index contributed by atoms with van der Waals surface area (Å²) < 4.78 is 5.87. The summed E-state index contributed by atoms with van der Waals surface area (Å²) in [6.07, 6.45) is 1.62. The summed E-state index contributed by atoms with van der Waals surface area (Å²) in [5.74, 6) is 1.08. The Morgan fingerprint density at radius 1 is 1.06 bits per heavy atom. The minimum atomic E-state index is -0.222. The molecule has 3 aromatic heterocycles. The second-order valence-electron chi connectivity index (χ2n) is 8.01. The fraction of sp³-hybridized carbons (Fsp3) is 0.375. The Kier molecular flexibility index (Phi) is 6.14. The topological polar surface area (TPSA) is 72.9 Å². The lowest BCUT2D eigenvalue weighted by Crippen LogP contribution is -2.28. The lowest BCUT2D eigenvalue weighted by Gasteiger charge is -2.19. The minimum absolute atomic E-state index is 0.222. The molecule has 0 saturated carbocycles. The molecule has 0 atom stereocenters. The Morgan fingerprint density at radius 2 is 1.75 bits per heavy atom. The van der Waals surface area contributed by atoms with Crippen molar-refractivity contribution in [3.8, 4) is 5.82 Å². The normalized spacial score (nSPS) is 11.6. The van der Waals surface area contributed by atoms with Crippen molar-refractivity contribution in [1.29, 1.82) is 0 Å². The first-order valence-electron chi connectivity index (χ1n) is 11.1. The first kappa shape index (κ1) is 21.8. The molecule has 4 rings (SSSR count). The first-order valence-corrected chi connectivity index (χ1v) is 11.1. The van der Waals surface area contributed by atoms with Gasteiger partial charge in [-0.1, -0.05) is 26.0 Å². The highest BCUT2D eigenvalue weighted by atomic mass is 16.1. The summed E-state index contributed by atoms with van der Waals surface area (Å²) in [7, 11) is 1.85. The number of hydrogen-bond donors (Lipinski definition) is 1. The Morgan fingerprint density at radius 3 is 2.44 bits per heavy atom. The molecule has 0 unspecified atom stereocenters. The Labute approximate surface area is 188 Å². The predicted octanol–water partition coefficient (Wildman–Crippen LogP) is 3.77. The fourth-order valence-electron chi connectivity index (χ4n) is 4.21. The van der Waals surface area contributed by atoms with Gasteiger partial charge in [-0.15, -0.1) is 0 Å². The summed E-state index contributed by atoms with van der Waals surface area (Å²) in [5, 5.41) is 7.42. The van der Waals surface area contributed by atoms with E-state index in [-0.39, 0.29) is 5.91 Å². The van der Waals surface area contributed by atoms with E-state index in [4.69, 9.17) is 4.98 Å². The van der Waals surface area contributed by atoms with Crippen molar-refractivity contribution >= 4 is 22.9 Å². The van der Waals surface area contributed by atoms with Crippen LogP contribution in [0.2, 0.25) is 0 Å². The number of hydrogen-bond acceptors (Lipinski definition) is 4. The number of carbonyl (C=O) groups excluding carboxylic acids is 1. The van der Waals surface area contributed by atoms with Crippen molar-refractivity contribution in [2.24, 2.45) is 7.05 Å². The van der Waals surface area contributed by atoms with Gasteiger partial charge in [0.05, 0.1) is 17.2 Å². The molecule has 0 fully saturated rings. The van der Waals surface area contributed by atoms with Gasteiger partial charge in [0.2, 0.25) is 5.95 Å². The van der Waals surface area contributed by atoms with E-state index in [0.29, 0.717) is 11.5 Å². The fourth-order valence-corrected chi connectivity index (χ4v) is 4.21. The van der Waals surface area contributed by atoms with E-state index in [0.717, 1.165) is 54.4 Å². The maximum absolute atomic E-state index is 13.4. The molecular formula is C24H31N7O. The van der Waals surface area contributed by atoms with E-state index in [2.05, 4.69) is 33.7 Å². The monoisotopic (exact) mass is 433 g/mol. The summed E-state index contributed by atoms with van der Waals surface area (Å²) in [5.41, 5.74) is 4.49. The van der Waals surface area contributed by atoms with Crippen molar-refractivity contribution < 1.29 is 4.79 Å². The van der Waals surface area contributed by atoms with Crippen LogP contribution in [0.3, 0.4) is 0 Å². The van der Waals surface area contributed by atoms with Crippen molar-refractivity contribution in [2.75, 3.05) is 25.0 Å². The molecule has 0 aliphatic carbocycles. The van der Waals surface area contributed by atoms with Gasteiger partial charge in [-0.3, -0.25) is 14.8 Å². The number of aromatic nitrogens is 5. The summed E-state index contributed by atoms with van der Waals surface area (Å²) in [4.78, 5) is 20.5. The molecule has 8 heteroatoms. The molecule has 0 saturated heterocycles. The smallest absolute Gasteiger partial charge is 0.263 e. The number of para-hydroxylation sites is 2. The van der Waals surface area contributed by atoms with E-state index in [1.807, 2.05) is 61.9 Å². The molecule has 0 radical (unpaired) electrons. The van der Waals surface area contributed by atoms with Crippen LogP contribution in [0, 0.1) is 13.8 Å². The van der Waals surface area contributed by atoms with Gasteiger partial charge in [0.1, 0.15) is 11.4 Å². The average molecular weight is 434 g/mol. The van der Waals surface area contributed by atoms with Crippen LogP contribution < -0.4 is 5.32 Å². The molecule has 0 spiro atoms. The third-order valence-corrected chi connectivity index (χ3v) is 6.05. The zero-order valence-electron chi connectivity index (χ0n) is 19.5. The second kappa shape index (κ2) is 9.00. The molecule has 1 amide bonds. The maximum Gasteiger partial charge on any atom is 0.263 e. The number of anilines is 1. The van der Waals surface area contributed by atoms with Crippen LogP contribution in [-0.4, -0.2) is 54.3 Å². The number of nitrogens with one attached hydrogen (secondary N) is 1. The number of rotatable bonds is 8. The number of nitrogens with zero attached hydrogens (tertiary/aromatic N) is 6. The lowest BCUT2D eigenvalue weighted by atomic mass is 10.3. The lowest BCUT2D eigenvalue weighted by molar-refractivity contribution is 0.102. The molecule has 32 heavy (non-hydrogen) atoms. The van der Waals surface area contributed by atoms with Crippen LogP contribution in [0.15, 0.2) is 42.6 Å². The van der Waals surface area contributed by atoms with Gasteiger partial charge in [-0.05, 0) is 51.2 Å². The Hall–Kier alpha value is -3.39. The molecule has 1 N–H and O–H groups in total. The summed E-state index contributed by atoms with van der Waals surface area (Å²) in [6, 6.07) is 12.1. The molecule has 0 bridgehead atoms. The minimum Gasteiger partial charge on any atom is -0.309 e. The number of carbonyl (C=O) groups is 1. The third-order valence-electron chi connectivity index (χ3n) is 6.05. The highest BCUT2D eigenvalue weighted by molar-refractivity contribution is 6.06. The van der Waals surface area contributed by atoms with Crippen LogP contribution in [0.5, 0.6) is 0 Å². The van der Waals surface area contributed by atoms with Gasteiger partial charge >= 0.3 is 0 Å². The molecule has 0 aliphatic rings. The van der Waals surface area contributed by atoms with Crippen molar-refractivity contribution in [3.63, 3.8) is 0 Å². The molecular weight excluding hydrogens is 402 g/mol. The summed E-state index contributed by atoms with van der Waals surface area (Å²) in [6.45, 7) is 12.0. The SMILES string of the molecule is CCN(CC)CCn1c(NC(=O)c2cnn(C)c2-n2c(C)ccc2C)nc2ccccc21. The van der Waals surface area contributed by atoms with E-state index in [9.17, 15) is 4.79 Å². The molecule has 8 nitrogen and oxygen atoms in total. The zero-order chi connectivity index (χ0) is 22.8. The molecule has 4 aromatic rings. The number of imidazole rings is 1. The molecule has 0 aliphatic heterocycles. The summed E-state index contributed by atoms with van der Waals surface area (Å²) >= 11 is 0. The number of fused-ring (bicyclic) bond motifs is 1. The van der Waals surface area contributed by atoms with Crippen LogP contribution in [-0.2, 0) is 13.6 Å². The van der Waals surface area contributed by atoms with Gasteiger partial charge in [0.15, 0.2) is 0 Å². The largest absolute Gasteiger partial charge is 0.309 e. The van der Waals surface area contributed by atoms with Gasteiger partial charge < -0.3 is 14.0 Å². The highest BCUT2D eigenvalue weighted by Crippen LogP contribution is 2.23. The average Bonchev–Trinajstić information content (AvgIpc) is 3.43. The third kappa shape index (κ3) is 3.93. The van der Waals surface area contributed by atoms with Gasteiger partial charge in [0, 0.05) is 31.5 Å².